The highest BCUT2D eigenvalue weighted by molar-refractivity contribution is 7.86. The van der Waals surface area contributed by atoms with Crippen molar-refractivity contribution < 1.29 is 27.3 Å². The summed E-state index contributed by atoms with van der Waals surface area (Å²) in [6.07, 6.45) is 0. The van der Waals surface area contributed by atoms with Crippen molar-refractivity contribution in [1.82, 2.24) is 0 Å². The van der Waals surface area contributed by atoms with E-state index in [9.17, 15) is 22.6 Å². The van der Waals surface area contributed by atoms with Crippen molar-refractivity contribution >= 4 is 38.5 Å². The van der Waals surface area contributed by atoms with Crippen LogP contribution in [0.4, 0.5) is 5.69 Å². The molecule has 0 aliphatic heterocycles. The molecule has 0 aliphatic carbocycles. The summed E-state index contributed by atoms with van der Waals surface area (Å²) in [7, 11) is -4.90. The van der Waals surface area contributed by atoms with E-state index in [4.69, 9.17) is 4.74 Å². The second kappa shape index (κ2) is 8.62. The number of carbonyl (C=O) groups excluding carboxylic acids is 2. The number of nitrogens with one attached hydrogen (secondary N) is 1. The highest BCUT2D eigenvalue weighted by Crippen LogP contribution is 2.38. The minimum Gasteiger partial charge on any atom is -0.744 e. The maximum absolute atomic E-state index is 12.8. The van der Waals surface area contributed by atoms with E-state index in [0.29, 0.717) is 5.56 Å². The summed E-state index contributed by atoms with van der Waals surface area (Å²) in [4.78, 5) is 24.9. The van der Waals surface area contributed by atoms with Crippen molar-refractivity contribution in [2.75, 3.05) is 5.32 Å². The van der Waals surface area contributed by atoms with Gasteiger partial charge in [-0.3, -0.25) is 4.79 Å². The van der Waals surface area contributed by atoms with E-state index in [0.717, 1.165) is 6.07 Å². The van der Waals surface area contributed by atoms with Crippen LogP contribution >= 0.6 is 0 Å². The number of hydrogen-bond donors (Lipinski definition) is 1. The number of hydrogen-bond acceptors (Lipinski definition) is 6. The van der Waals surface area contributed by atoms with Gasteiger partial charge in [0.2, 0.25) is 0 Å². The van der Waals surface area contributed by atoms with E-state index in [1.165, 1.54) is 24.3 Å². The number of benzene rings is 4. The average molecular weight is 446 g/mol. The Balaban J connectivity index is 1.88. The van der Waals surface area contributed by atoms with E-state index < -0.39 is 26.9 Å². The Morgan fingerprint density at radius 3 is 1.88 bits per heavy atom. The van der Waals surface area contributed by atoms with Crippen molar-refractivity contribution in [2.24, 2.45) is 0 Å². The molecular weight excluding hydrogens is 430 g/mol. The van der Waals surface area contributed by atoms with Gasteiger partial charge in [0.05, 0.1) is 16.1 Å². The minimum absolute atomic E-state index is 0.0751. The second-order valence-electron chi connectivity index (χ2n) is 6.82. The number of esters is 1. The standard InChI is InChI=1S/C24H17NO6S/c26-23(16-9-3-1-4-10-16)25-22-19-14-8-7-13-18(19)21(32(28,29)30)15-20(22)31-24(27)17-11-5-2-6-12-17/h1-15H,(H,25,26)(H,28,29,30)/p-1. The van der Waals surface area contributed by atoms with Gasteiger partial charge in [-0.1, -0.05) is 60.7 Å². The largest absolute Gasteiger partial charge is 0.744 e. The molecule has 0 bridgehead atoms. The lowest BCUT2D eigenvalue weighted by molar-refractivity contribution is 0.0734. The molecule has 1 amide bonds. The molecule has 7 nitrogen and oxygen atoms in total. The van der Waals surface area contributed by atoms with Crippen LogP contribution in [-0.4, -0.2) is 24.8 Å². The molecule has 160 valence electrons. The zero-order valence-electron chi connectivity index (χ0n) is 16.5. The number of fused-ring (bicyclic) bond motifs is 1. The zero-order chi connectivity index (χ0) is 22.7. The smallest absolute Gasteiger partial charge is 0.343 e. The summed E-state index contributed by atoms with van der Waals surface area (Å²) in [5.74, 6) is -1.52. The fourth-order valence-electron chi connectivity index (χ4n) is 3.24. The summed E-state index contributed by atoms with van der Waals surface area (Å²) >= 11 is 0. The molecule has 4 aromatic rings. The maximum Gasteiger partial charge on any atom is 0.343 e. The fourth-order valence-corrected chi connectivity index (χ4v) is 3.94. The van der Waals surface area contributed by atoms with Crippen LogP contribution < -0.4 is 10.1 Å². The van der Waals surface area contributed by atoms with Gasteiger partial charge in [-0.15, -0.1) is 0 Å². The Labute approximate surface area is 184 Å². The van der Waals surface area contributed by atoms with Gasteiger partial charge in [-0.25, -0.2) is 13.2 Å². The SMILES string of the molecule is O=C(Nc1c(OC(=O)c2ccccc2)cc(S(=O)(=O)[O-])c2ccccc12)c1ccccc1. The van der Waals surface area contributed by atoms with Crippen molar-refractivity contribution in [3.05, 3.63) is 102 Å². The molecule has 0 fully saturated rings. The number of carbonyl (C=O) groups is 2. The molecule has 0 spiro atoms. The summed E-state index contributed by atoms with van der Waals surface area (Å²) in [5, 5.41) is 3.03. The van der Waals surface area contributed by atoms with E-state index in [1.807, 2.05) is 0 Å². The third-order valence-electron chi connectivity index (χ3n) is 4.73. The summed E-state index contributed by atoms with van der Waals surface area (Å²) in [5.41, 5.74) is 0.635. The molecule has 0 aliphatic rings. The Morgan fingerprint density at radius 1 is 0.750 bits per heavy atom. The number of ether oxygens (including phenoxy) is 1. The lowest BCUT2D eigenvalue weighted by atomic mass is 10.1. The number of amides is 1. The third-order valence-corrected chi connectivity index (χ3v) is 5.60. The fraction of sp³-hybridized carbons (Fsp3) is 0. The first-order valence-corrected chi connectivity index (χ1v) is 10.9. The minimum atomic E-state index is -4.90. The van der Waals surface area contributed by atoms with Crippen LogP contribution in [0, 0.1) is 0 Å². The van der Waals surface area contributed by atoms with E-state index in [-0.39, 0.29) is 27.8 Å². The molecule has 0 saturated heterocycles. The van der Waals surface area contributed by atoms with Gasteiger partial charge in [0.1, 0.15) is 10.1 Å². The first-order valence-electron chi connectivity index (χ1n) is 9.50. The van der Waals surface area contributed by atoms with Gasteiger partial charge >= 0.3 is 5.97 Å². The van der Waals surface area contributed by atoms with Crippen LogP contribution in [0.25, 0.3) is 10.8 Å². The van der Waals surface area contributed by atoms with Crippen LogP contribution in [0.1, 0.15) is 20.7 Å². The predicted molar refractivity (Wildman–Crippen MR) is 118 cm³/mol. The van der Waals surface area contributed by atoms with Gasteiger partial charge < -0.3 is 14.6 Å². The van der Waals surface area contributed by atoms with Crippen LogP contribution in [0.3, 0.4) is 0 Å². The Hall–Kier alpha value is -4.01. The first-order chi connectivity index (χ1) is 15.3. The average Bonchev–Trinajstić information content (AvgIpc) is 2.80. The molecule has 32 heavy (non-hydrogen) atoms. The van der Waals surface area contributed by atoms with Gasteiger partial charge in [0.25, 0.3) is 5.91 Å². The van der Waals surface area contributed by atoms with Gasteiger partial charge in [0.15, 0.2) is 5.75 Å². The van der Waals surface area contributed by atoms with Gasteiger partial charge in [-0.05, 0) is 24.3 Å². The lowest BCUT2D eigenvalue weighted by Crippen LogP contribution is -2.16. The van der Waals surface area contributed by atoms with Gasteiger partial charge in [0, 0.05) is 22.4 Å². The molecule has 0 aromatic heterocycles. The van der Waals surface area contributed by atoms with Crippen LogP contribution in [0.15, 0.2) is 95.9 Å². The summed E-state index contributed by atoms with van der Waals surface area (Å²) in [6, 6.07) is 23.5. The highest BCUT2D eigenvalue weighted by atomic mass is 32.2. The molecule has 8 heteroatoms. The van der Waals surface area contributed by atoms with Crippen LogP contribution in [0.5, 0.6) is 5.75 Å². The normalized spacial score (nSPS) is 11.2. The first kappa shape index (κ1) is 21.2. The van der Waals surface area contributed by atoms with E-state index in [1.54, 1.807) is 60.7 Å². The van der Waals surface area contributed by atoms with E-state index >= 15 is 0 Å². The number of anilines is 1. The molecule has 1 N–H and O–H groups in total. The van der Waals surface area contributed by atoms with Crippen LogP contribution in [0.2, 0.25) is 0 Å². The summed E-state index contributed by atoms with van der Waals surface area (Å²) in [6.45, 7) is 0. The topological polar surface area (TPSA) is 113 Å². The summed E-state index contributed by atoms with van der Waals surface area (Å²) < 4.78 is 41.2. The molecule has 0 atom stereocenters. The molecule has 0 saturated carbocycles. The van der Waals surface area contributed by atoms with Crippen molar-refractivity contribution in [3.63, 3.8) is 0 Å². The third kappa shape index (κ3) is 4.36. The number of rotatable bonds is 5. The monoisotopic (exact) mass is 446 g/mol. The highest BCUT2D eigenvalue weighted by Gasteiger charge is 2.21. The zero-order valence-corrected chi connectivity index (χ0v) is 17.3. The molecule has 4 aromatic carbocycles. The quantitative estimate of drug-likeness (QED) is 0.279. The van der Waals surface area contributed by atoms with E-state index in [2.05, 4.69) is 5.32 Å². The van der Waals surface area contributed by atoms with Gasteiger partial charge in [-0.2, -0.15) is 0 Å². The second-order valence-corrected chi connectivity index (χ2v) is 8.17. The Kier molecular flexibility index (Phi) is 5.72. The lowest BCUT2D eigenvalue weighted by Gasteiger charge is -2.18. The predicted octanol–water partition coefficient (Wildman–Crippen LogP) is 4.22. The van der Waals surface area contributed by atoms with Crippen molar-refractivity contribution in [1.29, 1.82) is 0 Å². The molecule has 0 unspecified atom stereocenters. The Bertz CT molecular complexity index is 1420. The Morgan fingerprint density at radius 2 is 1.28 bits per heavy atom. The molecule has 0 radical (unpaired) electrons. The van der Waals surface area contributed by atoms with Crippen LogP contribution in [-0.2, 0) is 10.1 Å². The molecule has 0 heterocycles. The maximum atomic E-state index is 12.8. The molecule has 4 rings (SSSR count). The molecular formula is C24H16NO6S-. The van der Waals surface area contributed by atoms with Crippen molar-refractivity contribution in [2.45, 2.75) is 4.90 Å². The van der Waals surface area contributed by atoms with Crippen molar-refractivity contribution in [3.8, 4) is 5.75 Å².